The molecule has 1 fully saturated rings. The zero-order valence-electron chi connectivity index (χ0n) is 11.0. The molecule has 0 aliphatic carbocycles. The van der Waals surface area contributed by atoms with Crippen LogP contribution in [0.3, 0.4) is 0 Å². The Balaban J connectivity index is 2.16. The SMILES string of the molecule is CC1(C(=O)O)CCN(Cc2ccc(Br)cc2[N+](=O)[O-])C1. The monoisotopic (exact) mass is 342 g/mol. The van der Waals surface area contributed by atoms with Gasteiger partial charge in [0, 0.05) is 29.2 Å². The topological polar surface area (TPSA) is 83.7 Å². The predicted molar refractivity (Wildman–Crippen MR) is 76.4 cm³/mol. The number of nitro benzene ring substituents is 1. The van der Waals surface area contributed by atoms with Crippen molar-refractivity contribution >= 4 is 27.6 Å². The van der Waals surface area contributed by atoms with Crippen LogP contribution in [0.1, 0.15) is 18.9 Å². The van der Waals surface area contributed by atoms with Crippen molar-refractivity contribution in [3.8, 4) is 0 Å². The molecule has 1 N–H and O–H groups in total. The Morgan fingerprint density at radius 1 is 1.60 bits per heavy atom. The van der Waals surface area contributed by atoms with E-state index in [1.165, 1.54) is 6.07 Å². The van der Waals surface area contributed by atoms with Gasteiger partial charge in [0.1, 0.15) is 0 Å². The number of aliphatic carboxylic acids is 1. The number of hydrogen-bond acceptors (Lipinski definition) is 4. The van der Waals surface area contributed by atoms with Crippen molar-refractivity contribution in [3.63, 3.8) is 0 Å². The van der Waals surface area contributed by atoms with Gasteiger partial charge in [-0.2, -0.15) is 0 Å². The molecular weight excluding hydrogens is 328 g/mol. The zero-order chi connectivity index (χ0) is 14.9. The first-order chi connectivity index (χ1) is 9.32. The summed E-state index contributed by atoms with van der Waals surface area (Å²) in [5.41, 5.74) is -0.0967. The van der Waals surface area contributed by atoms with Gasteiger partial charge in [0.05, 0.1) is 10.3 Å². The third kappa shape index (κ3) is 2.99. The van der Waals surface area contributed by atoms with E-state index in [9.17, 15) is 20.0 Å². The number of carboxylic acid groups (broad SMARTS) is 1. The Kier molecular flexibility index (Phi) is 4.10. The average Bonchev–Trinajstić information content (AvgIpc) is 2.74. The van der Waals surface area contributed by atoms with Crippen molar-refractivity contribution in [1.29, 1.82) is 0 Å². The van der Waals surface area contributed by atoms with E-state index < -0.39 is 16.3 Å². The number of benzene rings is 1. The number of carboxylic acids is 1. The maximum atomic E-state index is 11.2. The van der Waals surface area contributed by atoms with Gasteiger partial charge < -0.3 is 5.11 Å². The summed E-state index contributed by atoms with van der Waals surface area (Å²) in [6.45, 7) is 3.16. The lowest BCUT2D eigenvalue weighted by atomic mass is 9.90. The van der Waals surface area contributed by atoms with Crippen molar-refractivity contribution in [3.05, 3.63) is 38.3 Å². The quantitative estimate of drug-likeness (QED) is 0.671. The highest BCUT2D eigenvalue weighted by Crippen LogP contribution is 2.32. The number of carbonyl (C=O) groups is 1. The molecule has 6 nitrogen and oxygen atoms in total. The summed E-state index contributed by atoms with van der Waals surface area (Å²) >= 11 is 3.22. The maximum Gasteiger partial charge on any atom is 0.310 e. The molecule has 1 unspecified atom stereocenters. The number of halogens is 1. The highest BCUT2D eigenvalue weighted by molar-refractivity contribution is 9.10. The molecule has 1 heterocycles. The van der Waals surface area contributed by atoms with Crippen molar-refractivity contribution in [2.45, 2.75) is 19.9 Å². The second-order valence-corrected chi connectivity index (χ2v) is 6.27. The van der Waals surface area contributed by atoms with Gasteiger partial charge in [-0.15, -0.1) is 0 Å². The maximum absolute atomic E-state index is 11.2. The van der Waals surface area contributed by atoms with Crippen LogP contribution in [-0.4, -0.2) is 34.0 Å². The molecule has 0 aromatic heterocycles. The van der Waals surface area contributed by atoms with Crippen molar-refractivity contribution < 1.29 is 14.8 Å². The lowest BCUT2D eigenvalue weighted by Crippen LogP contribution is -2.31. The first-order valence-corrected chi connectivity index (χ1v) is 7.00. The van der Waals surface area contributed by atoms with Crippen molar-refractivity contribution in [2.75, 3.05) is 13.1 Å². The van der Waals surface area contributed by atoms with Crippen LogP contribution in [0.2, 0.25) is 0 Å². The molecule has 1 saturated heterocycles. The van der Waals surface area contributed by atoms with E-state index >= 15 is 0 Å². The Bertz CT molecular complexity index is 563. The van der Waals surface area contributed by atoms with Crippen LogP contribution in [0.15, 0.2) is 22.7 Å². The van der Waals surface area contributed by atoms with E-state index in [2.05, 4.69) is 15.9 Å². The summed E-state index contributed by atoms with van der Waals surface area (Å²) in [7, 11) is 0. The minimum atomic E-state index is -0.815. The molecule has 2 rings (SSSR count). The molecular formula is C13H15BrN2O4. The van der Waals surface area contributed by atoms with Gasteiger partial charge in [0.25, 0.3) is 5.69 Å². The first kappa shape index (κ1) is 14.9. The van der Waals surface area contributed by atoms with Crippen LogP contribution >= 0.6 is 15.9 Å². The van der Waals surface area contributed by atoms with Crippen LogP contribution in [0, 0.1) is 15.5 Å². The minimum Gasteiger partial charge on any atom is -0.481 e. The van der Waals surface area contributed by atoms with Gasteiger partial charge in [-0.3, -0.25) is 19.8 Å². The molecule has 0 spiro atoms. The first-order valence-electron chi connectivity index (χ1n) is 6.20. The number of nitrogens with zero attached hydrogens (tertiary/aromatic N) is 2. The normalized spacial score (nSPS) is 22.9. The summed E-state index contributed by atoms with van der Waals surface area (Å²) in [5, 5.41) is 20.2. The molecule has 1 aliphatic rings. The smallest absolute Gasteiger partial charge is 0.310 e. The predicted octanol–water partition coefficient (Wildman–Crippen LogP) is 2.65. The standard InChI is InChI=1S/C13H15BrN2O4/c1-13(12(17)18)4-5-15(8-13)7-9-2-3-10(14)6-11(9)16(19)20/h2-3,6H,4-5,7-8H2,1H3,(H,17,18). The molecule has 1 atom stereocenters. The van der Waals surface area contributed by atoms with E-state index in [1.807, 2.05) is 4.90 Å². The molecule has 1 aliphatic heterocycles. The van der Waals surface area contributed by atoms with Crippen LogP contribution < -0.4 is 0 Å². The van der Waals surface area contributed by atoms with Crippen LogP contribution in [0.4, 0.5) is 5.69 Å². The van der Waals surface area contributed by atoms with Gasteiger partial charge in [-0.25, -0.2) is 0 Å². The molecule has 0 bridgehead atoms. The molecule has 20 heavy (non-hydrogen) atoms. The van der Waals surface area contributed by atoms with E-state index in [0.717, 1.165) is 0 Å². The van der Waals surface area contributed by atoms with Crippen LogP contribution in [-0.2, 0) is 11.3 Å². The number of likely N-dealkylation sites (tertiary alicyclic amines) is 1. The summed E-state index contributed by atoms with van der Waals surface area (Å²) in [6.07, 6.45) is 0.562. The second kappa shape index (κ2) is 5.49. The lowest BCUT2D eigenvalue weighted by Gasteiger charge is -2.20. The summed E-state index contributed by atoms with van der Waals surface area (Å²) < 4.78 is 0.657. The molecule has 0 radical (unpaired) electrons. The van der Waals surface area contributed by atoms with E-state index in [0.29, 0.717) is 36.1 Å². The fourth-order valence-electron chi connectivity index (χ4n) is 2.45. The number of nitro groups is 1. The van der Waals surface area contributed by atoms with Crippen LogP contribution in [0.25, 0.3) is 0 Å². The molecule has 1 aromatic carbocycles. The Morgan fingerprint density at radius 3 is 2.85 bits per heavy atom. The van der Waals surface area contributed by atoms with E-state index in [1.54, 1.807) is 19.1 Å². The Morgan fingerprint density at radius 2 is 2.30 bits per heavy atom. The second-order valence-electron chi connectivity index (χ2n) is 5.36. The zero-order valence-corrected chi connectivity index (χ0v) is 12.6. The summed E-state index contributed by atoms with van der Waals surface area (Å²) in [6, 6.07) is 4.94. The highest BCUT2D eigenvalue weighted by atomic mass is 79.9. The van der Waals surface area contributed by atoms with E-state index in [4.69, 9.17) is 0 Å². The third-order valence-electron chi connectivity index (χ3n) is 3.71. The Hall–Kier alpha value is -1.47. The van der Waals surface area contributed by atoms with Gasteiger partial charge in [-0.1, -0.05) is 15.9 Å². The van der Waals surface area contributed by atoms with Crippen molar-refractivity contribution in [2.24, 2.45) is 5.41 Å². The highest BCUT2D eigenvalue weighted by Gasteiger charge is 2.40. The fourth-order valence-corrected chi connectivity index (χ4v) is 2.80. The van der Waals surface area contributed by atoms with Gasteiger partial charge in [0.2, 0.25) is 0 Å². The minimum absolute atomic E-state index is 0.0586. The number of hydrogen-bond donors (Lipinski definition) is 1. The molecule has 0 amide bonds. The molecule has 7 heteroatoms. The number of rotatable bonds is 4. The van der Waals surface area contributed by atoms with Gasteiger partial charge >= 0.3 is 5.97 Å². The molecule has 0 saturated carbocycles. The fraction of sp³-hybridized carbons (Fsp3) is 0.462. The van der Waals surface area contributed by atoms with Gasteiger partial charge in [0.15, 0.2) is 0 Å². The Labute approximate surface area is 124 Å². The van der Waals surface area contributed by atoms with Crippen molar-refractivity contribution in [1.82, 2.24) is 4.90 Å². The average molecular weight is 343 g/mol. The largest absolute Gasteiger partial charge is 0.481 e. The lowest BCUT2D eigenvalue weighted by molar-refractivity contribution is -0.385. The summed E-state index contributed by atoms with van der Waals surface area (Å²) in [4.78, 5) is 23.8. The van der Waals surface area contributed by atoms with Crippen LogP contribution in [0.5, 0.6) is 0 Å². The third-order valence-corrected chi connectivity index (χ3v) is 4.20. The molecule has 108 valence electrons. The summed E-state index contributed by atoms with van der Waals surface area (Å²) in [5.74, 6) is -0.815. The van der Waals surface area contributed by atoms with Gasteiger partial charge in [-0.05, 0) is 32.0 Å². The molecule has 1 aromatic rings. The van der Waals surface area contributed by atoms with E-state index in [-0.39, 0.29) is 5.69 Å².